The van der Waals surface area contributed by atoms with Gasteiger partial charge in [-0.3, -0.25) is 14.5 Å². The summed E-state index contributed by atoms with van der Waals surface area (Å²) in [6, 6.07) is 18.4. The van der Waals surface area contributed by atoms with E-state index in [4.69, 9.17) is 21.1 Å². The molecule has 4 rings (SSSR count). The van der Waals surface area contributed by atoms with Crippen LogP contribution in [0.1, 0.15) is 27.5 Å². The summed E-state index contributed by atoms with van der Waals surface area (Å²) in [7, 11) is 2.78. The molecule has 0 saturated carbocycles. The Morgan fingerprint density at radius 3 is 2.21 bits per heavy atom. The van der Waals surface area contributed by atoms with E-state index in [2.05, 4.69) is 0 Å². The van der Waals surface area contributed by atoms with Gasteiger partial charge in [-0.25, -0.2) is 4.79 Å². The number of methoxy groups -OCH3 is 2. The Bertz CT molecular complexity index is 1300. The molecule has 8 heteroatoms. The fraction of sp³-hybridized carbons (Fsp3) is 0.115. The molecule has 1 aliphatic heterocycles. The second-order valence-electron chi connectivity index (χ2n) is 7.49. The van der Waals surface area contributed by atoms with E-state index in [1.165, 1.54) is 31.3 Å². The van der Waals surface area contributed by atoms with Crippen LogP contribution in [0.2, 0.25) is 5.02 Å². The molecule has 1 amide bonds. The number of ketones is 1. The summed E-state index contributed by atoms with van der Waals surface area (Å²) in [5.74, 6) is -1.97. The highest BCUT2D eigenvalue weighted by molar-refractivity contribution is 6.51. The quantitative estimate of drug-likeness (QED) is 0.246. The molecule has 1 aliphatic rings. The number of halogens is 1. The number of carbonyl (C=O) groups excluding carboxylic acids is 3. The molecule has 0 radical (unpaired) electrons. The third kappa shape index (κ3) is 4.13. The van der Waals surface area contributed by atoms with Crippen LogP contribution in [0, 0.1) is 0 Å². The molecule has 1 heterocycles. The second kappa shape index (κ2) is 9.41. The van der Waals surface area contributed by atoms with Crippen LogP contribution in [-0.4, -0.2) is 37.0 Å². The SMILES string of the molecule is COC(=O)c1ccc(N2C(=O)C(=O)/C(=C(/O)c3ccc(Cl)cc3)C2c2cccc(OC)c2)cc1. The van der Waals surface area contributed by atoms with E-state index in [9.17, 15) is 19.5 Å². The minimum Gasteiger partial charge on any atom is -0.507 e. The summed E-state index contributed by atoms with van der Waals surface area (Å²) in [4.78, 5) is 39.5. The third-order valence-electron chi connectivity index (χ3n) is 5.54. The van der Waals surface area contributed by atoms with Crippen molar-refractivity contribution in [3.8, 4) is 5.75 Å². The number of nitrogens with zero attached hydrogens (tertiary/aromatic N) is 1. The first-order valence-corrected chi connectivity index (χ1v) is 10.6. The van der Waals surface area contributed by atoms with Crippen molar-refractivity contribution in [1.29, 1.82) is 0 Å². The number of anilines is 1. The van der Waals surface area contributed by atoms with Crippen molar-refractivity contribution in [3.63, 3.8) is 0 Å². The molecule has 1 N–H and O–H groups in total. The second-order valence-corrected chi connectivity index (χ2v) is 7.93. The maximum Gasteiger partial charge on any atom is 0.337 e. The summed E-state index contributed by atoms with van der Waals surface area (Å²) in [6.07, 6.45) is 0. The molecule has 1 saturated heterocycles. The van der Waals surface area contributed by atoms with Gasteiger partial charge >= 0.3 is 5.97 Å². The zero-order valence-corrected chi connectivity index (χ0v) is 19.1. The molecular formula is C26H20ClNO6. The lowest BCUT2D eigenvalue weighted by Crippen LogP contribution is -2.29. The lowest BCUT2D eigenvalue weighted by molar-refractivity contribution is -0.132. The molecule has 34 heavy (non-hydrogen) atoms. The number of hydrogen-bond donors (Lipinski definition) is 1. The zero-order valence-electron chi connectivity index (χ0n) is 18.3. The molecule has 1 unspecified atom stereocenters. The van der Waals surface area contributed by atoms with Gasteiger partial charge in [-0.1, -0.05) is 23.7 Å². The van der Waals surface area contributed by atoms with Crippen molar-refractivity contribution in [2.24, 2.45) is 0 Å². The first kappa shape index (κ1) is 23.1. The van der Waals surface area contributed by atoms with Gasteiger partial charge in [0.15, 0.2) is 0 Å². The number of hydrogen-bond acceptors (Lipinski definition) is 6. The van der Waals surface area contributed by atoms with Crippen LogP contribution in [0.3, 0.4) is 0 Å². The van der Waals surface area contributed by atoms with Gasteiger partial charge in [0.05, 0.1) is 31.4 Å². The molecule has 0 spiro atoms. The average Bonchev–Trinajstić information content (AvgIpc) is 3.14. The smallest absolute Gasteiger partial charge is 0.337 e. The lowest BCUT2D eigenvalue weighted by Gasteiger charge is -2.26. The molecule has 3 aromatic carbocycles. The van der Waals surface area contributed by atoms with Gasteiger partial charge < -0.3 is 14.6 Å². The number of carbonyl (C=O) groups is 3. The van der Waals surface area contributed by atoms with E-state index >= 15 is 0 Å². The summed E-state index contributed by atoms with van der Waals surface area (Å²) in [6.45, 7) is 0. The Balaban J connectivity index is 1.90. The Morgan fingerprint density at radius 2 is 1.59 bits per heavy atom. The minimum absolute atomic E-state index is 0.0716. The van der Waals surface area contributed by atoms with Crippen LogP contribution in [0.25, 0.3) is 5.76 Å². The van der Waals surface area contributed by atoms with Crippen molar-refractivity contribution < 1.29 is 29.0 Å². The fourth-order valence-electron chi connectivity index (χ4n) is 3.87. The topological polar surface area (TPSA) is 93.1 Å². The third-order valence-corrected chi connectivity index (χ3v) is 5.79. The molecular weight excluding hydrogens is 458 g/mol. The lowest BCUT2D eigenvalue weighted by atomic mass is 9.95. The number of aliphatic hydroxyl groups is 1. The van der Waals surface area contributed by atoms with Crippen LogP contribution in [0.4, 0.5) is 5.69 Å². The predicted octanol–water partition coefficient (Wildman–Crippen LogP) is 4.76. The molecule has 0 aromatic heterocycles. The minimum atomic E-state index is -0.935. The molecule has 1 atom stereocenters. The monoisotopic (exact) mass is 477 g/mol. The summed E-state index contributed by atoms with van der Waals surface area (Å²) in [5, 5.41) is 11.6. The maximum atomic E-state index is 13.2. The highest BCUT2D eigenvalue weighted by atomic mass is 35.5. The number of Topliss-reactive ketones (excluding diaryl/α,β-unsaturated/α-hetero) is 1. The first-order chi connectivity index (χ1) is 16.3. The largest absolute Gasteiger partial charge is 0.507 e. The van der Waals surface area contributed by atoms with Crippen molar-refractivity contribution in [1.82, 2.24) is 0 Å². The number of ether oxygens (including phenoxy) is 2. The number of rotatable bonds is 5. The molecule has 7 nitrogen and oxygen atoms in total. The van der Waals surface area contributed by atoms with Gasteiger partial charge in [0.2, 0.25) is 0 Å². The Hall–Kier alpha value is -4.10. The number of esters is 1. The number of amides is 1. The first-order valence-electron chi connectivity index (χ1n) is 10.2. The molecule has 3 aromatic rings. The van der Waals surface area contributed by atoms with E-state index in [1.807, 2.05) is 0 Å². The van der Waals surface area contributed by atoms with Crippen LogP contribution in [0.5, 0.6) is 5.75 Å². The van der Waals surface area contributed by atoms with E-state index in [1.54, 1.807) is 60.7 Å². The maximum absolute atomic E-state index is 13.2. The van der Waals surface area contributed by atoms with E-state index in [0.717, 1.165) is 0 Å². The summed E-state index contributed by atoms with van der Waals surface area (Å²) in [5.41, 5.74) is 1.50. The van der Waals surface area contributed by atoms with Crippen LogP contribution in [0.15, 0.2) is 78.4 Å². The summed E-state index contributed by atoms with van der Waals surface area (Å²) < 4.78 is 10.0. The number of aliphatic hydroxyl groups excluding tert-OH is 1. The average molecular weight is 478 g/mol. The Kier molecular flexibility index (Phi) is 6.38. The molecule has 0 aliphatic carbocycles. The predicted molar refractivity (Wildman–Crippen MR) is 127 cm³/mol. The van der Waals surface area contributed by atoms with Gasteiger partial charge in [-0.2, -0.15) is 0 Å². The Morgan fingerprint density at radius 1 is 0.941 bits per heavy atom. The van der Waals surface area contributed by atoms with E-state index < -0.39 is 23.7 Å². The van der Waals surface area contributed by atoms with E-state index in [-0.39, 0.29) is 11.3 Å². The van der Waals surface area contributed by atoms with Crippen molar-refractivity contribution in [2.75, 3.05) is 19.1 Å². The highest BCUT2D eigenvalue weighted by Crippen LogP contribution is 2.43. The standard InChI is InChI=1S/C26H20ClNO6/c1-33-20-5-3-4-17(14-20)22-21(23(29)15-6-10-18(27)11-7-15)24(30)25(31)28(22)19-12-8-16(9-13-19)26(32)34-2/h3-14,22,29H,1-2H3/b23-21+. The molecule has 1 fully saturated rings. The normalized spacial score (nSPS) is 17.0. The van der Waals surface area contributed by atoms with Crippen molar-refractivity contribution in [3.05, 3.63) is 100 Å². The zero-order chi connectivity index (χ0) is 24.4. The fourth-order valence-corrected chi connectivity index (χ4v) is 3.99. The van der Waals surface area contributed by atoms with Crippen LogP contribution >= 0.6 is 11.6 Å². The number of benzene rings is 3. The molecule has 0 bridgehead atoms. The molecule has 172 valence electrons. The van der Waals surface area contributed by atoms with Gasteiger partial charge in [0.1, 0.15) is 11.5 Å². The Labute approximate surface area is 200 Å². The van der Waals surface area contributed by atoms with Gasteiger partial charge in [0.25, 0.3) is 11.7 Å². The van der Waals surface area contributed by atoms with Crippen molar-refractivity contribution >= 4 is 40.7 Å². The van der Waals surface area contributed by atoms with Gasteiger partial charge in [0, 0.05) is 16.3 Å². The van der Waals surface area contributed by atoms with Gasteiger partial charge in [-0.05, 0) is 66.2 Å². The van der Waals surface area contributed by atoms with Crippen LogP contribution < -0.4 is 9.64 Å². The van der Waals surface area contributed by atoms with Crippen molar-refractivity contribution in [2.45, 2.75) is 6.04 Å². The summed E-state index contributed by atoms with van der Waals surface area (Å²) >= 11 is 5.96. The van der Waals surface area contributed by atoms with Gasteiger partial charge in [-0.15, -0.1) is 0 Å². The highest BCUT2D eigenvalue weighted by Gasteiger charge is 2.47. The van der Waals surface area contributed by atoms with E-state index in [0.29, 0.717) is 33.1 Å². The van der Waals surface area contributed by atoms with Crippen LogP contribution in [-0.2, 0) is 14.3 Å².